The molecule has 0 bridgehead atoms. The molecular weight excluding hydrogens is 396 g/mol. The normalized spacial score (nSPS) is 10.5. The topological polar surface area (TPSA) is 102 Å². The van der Waals surface area contributed by atoms with Crippen LogP contribution in [0.25, 0.3) is 16.9 Å². The first-order chi connectivity index (χ1) is 14.9. The predicted octanol–water partition coefficient (Wildman–Crippen LogP) is 3.18. The Labute approximate surface area is 180 Å². The third kappa shape index (κ3) is 6.02. The van der Waals surface area contributed by atoms with Crippen molar-refractivity contribution < 1.29 is 19.1 Å². The highest BCUT2D eigenvalue weighted by Gasteiger charge is 2.21. The number of imide groups is 1. The zero-order valence-electron chi connectivity index (χ0n) is 17.4. The Morgan fingerprint density at radius 1 is 1.00 bits per heavy atom. The average Bonchev–Trinajstić information content (AvgIpc) is 3.23. The molecule has 0 aliphatic rings. The molecule has 1 heterocycles. The van der Waals surface area contributed by atoms with Gasteiger partial charge in [0, 0.05) is 18.3 Å². The molecule has 0 saturated carbocycles. The van der Waals surface area contributed by atoms with Crippen molar-refractivity contribution in [3.05, 3.63) is 72.4 Å². The molecule has 0 spiro atoms. The van der Waals surface area contributed by atoms with Crippen LogP contribution >= 0.6 is 0 Å². The lowest BCUT2D eigenvalue weighted by Gasteiger charge is -2.09. The molecule has 160 valence electrons. The number of nitrogens with zero attached hydrogens (tertiary/aromatic N) is 2. The lowest BCUT2D eigenvalue weighted by molar-refractivity contribution is -0.123. The molecule has 0 atom stereocenters. The van der Waals surface area contributed by atoms with Crippen LogP contribution in [0.15, 0.2) is 66.9 Å². The minimum Gasteiger partial charge on any atom is -0.452 e. The predicted molar refractivity (Wildman–Crippen MR) is 116 cm³/mol. The number of urea groups is 1. The number of hydrogen-bond acceptors (Lipinski definition) is 5. The molecule has 8 heteroatoms. The van der Waals surface area contributed by atoms with E-state index >= 15 is 0 Å². The van der Waals surface area contributed by atoms with Gasteiger partial charge in [-0.2, -0.15) is 5.10 Å². The molecule has 2 aromatic carbocycles. The molecule has 2 N–H and O–H groups in total. The number of ether oxygens (including phenoxy) is 1. The Kier molecular flexibility index (Phi) is 7.16. The maximum absolute atomic E-state index is 12.7. The van der Waals surface area contributed by atoms with E-state index in [9.17, 15) is 14.4 Å². The van der Waals surface area contributed by atoms with Crippen LogP contribution in [0.4, 0.5) is 4.79 Å². The Hall–Kier alpha value is -3.94. The Bertz CT molecular complexity index is 1050. The van der Waals surface area contributed by atoms with E-state index in [0.717, 1.165) is 11.3 Å². The van der Waals surface area contributed by atoms with Crippen molar-refractivity contribution in [3.8, 4) is 16.9 Å². The highest BCUT2D eigenvalue weighted by molar-refractivity contribution is 5.99. The number of amides is 3. The molecule has 0 unspecified atom stereocenters. The molecule has 8 nitrogen and oxygen atoms in total. The van der Waals surface area contributed by atoms with E-state index < -0.39 is 24.5 Å². The van der Waals surface area contributed by atoms with Gasteiger partial charge in [0.05, 0.1) is 5.69 Å². The molecule has 0 saturated heterocycles. The Balaban J connectivity index is 1.73. The third-order valence-electron chi connectivity index (χ3n) is 4.26. The lowest BCUT2D eigenvalue weighted by atomic mass is 10.1. The smallest absolute Gasteiger partial charge is 0.342 e. The van der Waals surface area contributed by atoms with Gasteiger partial charge in [-0.1, -0.05) is 62.4 Å². The fraction of sp³-hybridized carbons (Fsp3) is 0.217. The molecular formula is C23H24N4O4. The first kappa shape index (κ1) is 21.8. The Morgan fingerprint density at radius 2 is 1.65 bits per heavy atom. The second-order valence-corrected chi connectivity index (χ2v) is 7.27. The summed E-state index contributed by atoms with van der Waals surface area (Å²) in [5, 5.41) is 9.23. The number of hydrogen-bond donors (Lipinski definition) is 2. The summed E-state index contributed by atoms with van der Waals surface area (Å²) in [7, 11) is 0. The summed E-state index contributed by atoms with van der Waals surface area (Å²) in [6.07, 6.45) is 1.56. The van der Waals surface area contributed by atoms with Crippen LogP contribution in [0, 0.1) is 5.92 Å². The number of esters is 1. The highest BCUT2D eigenvalue weighted by atomic mass is 16.5. The van der Waals surface area contributed by atoms with Crippen LogP contribution in [-0.2, 0) is 9.53 Å². The van der Waals surface area contributed by atoms with Crippen LogP contribution in [0.1, 0.15) is 24.2 Å². The number of benzene rings is 2. The van der Waals surface area contributed by atoms with Crippen LogP contribution < -0.4 is 10.6 Å². The van der Waals surface area contributed by atoms with Crippen molar-refractivity contribution in [2.24, 2.45) is 5.92 Å². The van der Waals surface area contributed by atoms with E-state index in [0.29, 0.717) is 12.2 Å². The third-order valence-corrected chi connectivity index (χ3v) is 4.26. The molecule has 3 amide bonds. The summed E-state index contributed by atoms with van der Waals surface area (Å²) in [5.74, 6) is -1.18. The SMILES string of the molecule is CC(C)CNC(=O)NC(=O)COC(=O)c1cn(-c2ccccc2)nc1-c1ccccc1. The van der Waals surface area contributed by atoms with Crippen molar-refractivity contribution in [2.45, 2.75) is 13.8 Å². The molecule has 0 aliphatic carbocycles. The van der Waals surface area contributed by atoms with E-state index in [4.69, 9.17) is 4.74 Å². The summed E-state index contributed by atoms with van der Waals surface area (Å²) in [6, 6.07) is 17.9. The number of aromatic nitrogens is 2. The molecule has 0 fully saturated rings. The number of rotatable bonds is 7. The maximum Gasteiger partial charge on any atom is 0.342 e. The van der Waals surface area contributed by atoms with Gasteiger partial charge < -0.3 is 10.1 Å². The number of carbonyl (C=O) groups excluding carboxylic acids is 3. The van der Waals surface area contributed by atoms with Gasteiger partial charge in [-0.15, -0.1) is 0 Å². The van der Waals surface area contributed by atoms with Gasteiger partial charge in [-0.3, -0.25) is 10.1 Å². The highest BCUT2D eigenvalue weighted by Crippen LogP contribution is 2.24. The van der Waals surface area contributed by atoms with Crippen molar-refractivity contribution in [1.82, 2.24) is 20.4 Å². The van der Waals surface area contributed by atoms with Crippen LogP contribution in [0.2, 0.25) is 0 Å². The molecule has 1 aromatic heterocycles. The zero-order valence-corrected chi connectivity index (χ0v) is 17.4. The van der Waals surface area contributed by atoms with Crippen LogP contribution in [-0.4, -0.2) is 40.8 Å². The van der Waals surface area contributed by atoms with Gasteiger partial charge >= 0.3 is 12.0 Å². The monoisotopic (exact) mass is 420 g/mol. The fourth-order valence-electron chi connectivity index (χ4n) is 2.76. The second-order valence-electron chi connectivity index (χ2n) is 7.27. The second kappa shape index (κ2) is 10.2. The lowest BCUT2D eigenvalue weighted by Crippen LogP contribution is -2.42. The van der Waals surface area contributed by atoms with Gasteiger partial charge in [0.2, 0.25) is 0 Å². The average molecular weight is 420 g/mol. The van der Waals surface area contributed by atoms with Crippen molar-refractivity contribution in [1.29, 1.82) is 0 Å². The summed E-state index contributed by atoms with van der Waals surface area (Å²) >= 11 is 0. The zero-order chi connectivity index (χ0) is 22.2. The molecule has 3 rings (SSSR count). The van der Waals surface area contributed by atoms with Gasteiger partial charge in [0.1, 0.15) is 11.3 Å². The van der Waals surface area contributed by atoms with Crippen molar-refractivity contribution in [3.63, 3.8) is 0 Å². The van der Waals surface area contributed by atoms with Crippen molar-refractivity contribution in [2.75, 3.05) is 13.2 Å². The summed E-state index contributed by atoms with van der Waals surface area (Å²) in [6.45, 7) is 3.71. The molecule has 31 heavy (non-hydrogen) atoms. The van der Waals surface area contributed by atoms with E-state index in [-0.39, 0.29) is 11.5 Å². The molecule has 3 aromatic rings. The van der Waals surface area contributed by atoms with Gasteiger partial charge in [0.15, 0.2) is 6.61 Å². The number of carbonyl (C=O) groups is 3. The quantitative estimate of drug-likeness (QED) is 0.572. The van der Waals surface area contributed by atoms with E-state index in [1.807, 2.05) is 74.5 Å². The van der Waals surface area contributed by atoms with E-state index in [1.165, 1.54) is 0 Å². The van der Waals surface area contributed by atoms with Crippen LogP contribution in [0.5, 0.6) is 0 Å². The summed E-state index contributed by atoms with van der Waals surface area (Å²) in [4.78, 5) is 36.4. The maximum atomic E-state index is 12.7. The van der Waals surface area contributed by atoms with E-state index in [1.54, 1.807) is 10.9 Å². The van der Waals surface area contributed by atoms with Gasteiger partial charge in [-0.25, -0.2) is 14.3 Å². The largest absolute Gasteiger partial charge is 0.452 e. The van der Waals surface area contributed by atoms with Gasteiger partial charge in [0.25, 0.3) is 5.91 Å². The van der Waals surface area contributed by atoms with E-state index in [2.05, 4.69) is 15.7 Å². The summed E-state index contributed by atoms with van der Waals surface area (Å²) in [5.41, 5.74) is 2.16. The Morgan fingerprint density at radius 3 is 2.29 bits per heavy atom. The first-order valence-electron chi connectivity index (χ1n) is 9.89. The van der Waals surface area contributed by atoms with Crippen LogP contribution in [0.3, 0.4) is 0 Å². The number of nitrogens with one attached hydrogen (secondary N) is 2. The number of para-hydroxylation sites is 1. The minimum atomic E-state index is -0.716. The standard InChI is InChI=1S/C23H24N4O4/c1-16(2)13-24-23(30)25-20(28)15-31-22(29)19-14-27(18-11-7-4-8-12-18)26-21(19)17-9-5-3-6-10-17/h3-12,14,16H,13,15H2,1-2H3,(H2,24,25,28,30). The first-order valence-corrected chi connectivity index (χ1v) is 9.89. The van der Waals surface area contributed by atoms with Gasteiger partial charge in [-0.05, 0) is 18.1 Å². The fourth-order valence-corrected chi connectivity index (χ4v) is 2.76. The molecule has 0 radical (unpaired) electrons. The molecule has 0 aliphatic heterocycles. The summed E-state index contributed by atoms with van der Waals surface area (Å²) < 4.78 is 6.73. The minimum absolute atomic E-state index is 0.215. The van der Waals surface area contributed by atoms with Crippen molar-refractivity contribution >= 4 is 17.9 Å².